The molecule has 0 bridgehead atoms. The lowest BCUT2D eigenvalue weighted by Crippen LogP contribution is -2.36. The van der Waals surface area contributed by atoms with Gasteiger partial charge in [-0.2, -0.15) is 0 Å². The third-order valence-corrected chi connectivity index (χ3v) is 4.34. The Morgan fingerprint density at radius 2 is 1.71 bits per heavy atom. The Balaban J connectivity index is 2.24. The van der Waals surface area contributed by atoms with Crippen LogP contribution in [0.2, 0.25) is 0 Å². The molecule has 1 heterocycles. The van der Waals surface area contributed by atoms with E-state index in [1.807, 2.05) is 18.2 Å². The zero-order valence-electron chi connectivity index (χ0n) is 12.9. The van der Waals surface area contributed by atoms with E-state index in [-0.39, 0.29) is 6.17 Å². The summed E-state index contributed by atoms with van der Waals surface area (Å²) >= 11 is 0. The zero-order valence-corrected chi connectivity index (χ0v) is 12.9. The SMILES string of the molecule is [C-]#[N+]c1ccc2c(c1)N(c1c(C)cccc1C)[C@@H](C)N2C. The lowest BCUT2D eigenvalue weighted by molar-refractivity contribution is 0.731. The van der Waals surface area contributed by atoms with Gasteiger partial charge in [0, 0.05) is 12.7 Å². The topological polar surface area (TPSA) is 10.8 Å². The van der Waals surface area contributed by atoms with Crippen LogP contribution >= 0.6 is 0 Å². The maximum atomic E-state index is 7.25. The summed E-state index contributed by atoms with van der Waals surface area (Å²) in [5, 5.41) is 0. The normalized spacial score (nSPS) is 16.8. The van der Waals surface area contributed by atoms with Crippen LogP contribution in [-0.4, -0.2) is 13.2 Å². The molecule has 106 valence electrons. The van der Waals surface area contributed by atoms with Gasteiger partial charge in [-0.3, -0.25) is 0 Å². The fourth-order valence-corrected chi connectivity index (χ4v) is 3.14. The van der Waals surface area contributed by atoms with Crippen molar-refractivity contribution in [2.24, 2.45) is 0 Å². The van der Waals surface area contributed by atoms with E-state index in [0.717, 1.165) is 5.69 Å². The number of aryl methyl sites for hydroxylation is 2. The summed E-state index contributed by atoms with van der Waals surface area (Å²) in [6.07, 6.45) is 0.237. The molecule has 0 radical (unpaired) electrons. The van der Waals surface area contributed by atoms with Crippen LogP contribution in [0.25, 0.3) is 4.85 Å². The third-order valence-electron chi connectivity index (χ3n) is 4.34. The third kappa shape index (κ3) is 1.95. The molecule has 3 heteroatoms. The number of benzene rings is 2. The lowest BCUT2D eigenvalue weighted by Gasteiger charge is -2.30. The highest BCUT2D eigenvalue weighted by Gasteiger charge is 2.32. The first-order valence-corrected chi connectivity index (χ1v) is 7.14. The van der Waals surface area contributed by atoms with Crippen LogP contribution in [0.1, 0.15) is 18.1 Å². The fourth-order valence-electron chi connectivity index (χ4n) is 3.14. The second kappa shape index (κ2) is 4.82. The molecule has 2 aromatic rings. The van der Waals surface area contributed by atoms with Gasteiger partial charge in [-0.25, -0.2) is 4.85 Å². The quantitative estimate of drug-likeness (QED) is 0.694. The minimum atomic E-state index is 0.237. The summed E-state index contributed by atoms with van der Waals surface area (Å²) in [5.74, 6) is 0. The van der Waals surface area contributed by atoms with Gasteiger partial charge in [-0.05, 0) is 44.0 Å². The molecule has 2 aromatic carbocycles. The maximum Gasteiger partial charge on any atom is 0.189 e. The highest BCUT2D eigenvalue weighted by atomic mass is 15.4. The molecule has 1 aliphatic heterocycles. The molecule has 1 atom stereocenters. The van der Waals surface area contributed by atoms with Crippen molar-refractivity contribution in [2.75, 3.05) is 16.8 Å². The van der Waals surface area contributed by atoms with Crippen LogP contribution in [0.4, 0.5) is 22.7 Å². The number of fused-ring (bicyclic) bond motifs is 1. The van der Waals surface area contributed by atoms with Crippen molar-refractivity contribution < 1.29 is 0 Å². The molecule has 0 spiro atoms. The highest BCUT2D eigenvalue weighted by Crippen LogP contribution is 2.46. The average Bonchev–Trinajstić information content (AvgIpc) is 2.71. The number of hydrogen-bond acceptors (Lipinski definition) is 2. The predicted octanol–water partition coefficient (Wildman–Crippen LogP) is 4.79. The van der Waals surface area contributed by atoms with E-state index >= 15 is 0 Å². The molecule has 3 rings (SSSR count). The summed E-state index contributed by atoms with van der Waals surface area (Å²) in [6, 6.07) is 12.3. The van der Waals surface area contributed by atoms with E-state index in [9.17, 15) is 0 Å². The molecule has 1 aliphatic rings. The number of nitrogens with zero attached hydrogens (tertiary/aromatic N) is 3. The monoisotopic (exact) mass is 277 g/mol. The Hall–Kier alpha value is -2.47. The van der Waals surface area contributed by atoms with Crippen LogP contribution < -0.4 is 9.80 Å². The van der Waals surface area contributed by atoms with Crippen molar-refractivity contribution in [3.8, 4) is 0 Å². The van der Waals surface area contributed by atoms with Gasteiger partial charge in [-0.1, -0.05) is 24.3 Å². The Labute approximate surface area is 126 Å². The van der Waals surface area contributed by atoms with Gasteiger partial charge in [0.15, 0.2) is 5.69 Å². The summed E-state index contributed by atoms with van der Waals surface area (Å²) in [7, 11) is 2.11. The van der Waals surface area contributed by atoms with Crippen LogP contribution in [0.3, 0.4) is 0 Å². The highest BCUT2D eigenvalue weighted by molar-refractivity contribution is 5.87. The van der Waals surface area contributed by atoms with Crippen molar-refractivity contribution in [3.63, 3.8) is 0 Å². The molecule has 0 fully saturated rings. The van der Waals surface area contributed by atoms with E-state index in [4.69, 9.17) is 6.57 Å². The van der Waals surface area contributed by atoms with Crippen molar-refractivity contribution >= 4 is 22.7 Å². The maximum absolute atomic E-state index is 7.25. The van der Waals surface area contributed by atoms with Crippen LogP contribution in [0, 0.1) is 20.4 Å². The molecule has 3 nitrogen and oxygen atoms in total. The average molecular weight is 277 g/mol. The van der Waals surface area contributed by atoms with Crippen molar-refractivity contribution in [3.05, 3.63) is 58.9 Å². The number of anilines is 3. The van der Waals surface area contributed by atoms with Crippen LogP contribution in [0.5, 0.6) is 0 Å². The van der Waals surface area contributed by atoms with Crippen molar-refractivity contribution in [1.82, 2.24) is 0 Å². The summed E-state index contributed by atoms with van der Waals surface area (Å²) in [5.41, 5.74) is 6.76. The Kier molecular flexibility index (Phi) is 3.10. The van der Waals surface area contributed by atoms with Gasteiger partial charge in [-0.15, -0.1) is 0 Å². The van der Waals surface area contributed by atoms with Gasteiger partial charge < -0.3 is 9.80 Å². The van der Waals surface area contributed by atoms with Gasteiger partial charge in [0.25, 0.3) is 0 Å². The standard InChI is InChI=1S/C18H19N3/c1-12-7-6-8-13(2)18(12)21-14(3)20(5)16-10-9-15(19-4)11-17(16)21/h6-11,14H,1-3,5H3/t14-/m0/s1. The molecule has 21 heavy (non-hydrogen) atoms. The summed E-state index contributed by atoms with van der Waals surface area (Å²) < 4.78 is 0. The summed E-state index contributed by atoms with van der Waals surface area (Å²) in [4.78, 5) is 8.18. The smallest absolute Gasteiger partial charge is 0.189 e. The first kappa shape index (κ1) is 13.5. The fraction of sp³-hybridized carbons (Fsp3) is 0.278. The molecule has 0 unspecified atom stereocenters. The molecular weight excluding hydrogens is 258 g/mol. The van der Waals surface area contributed by atoms with Crippen LogP contribution in [0.15, 0.2) is 36.4 Å². The van der Waals surface area contributed by atoms with E-state index < -0.39 is 0 Å². The van der Waals surface area contributed by atoms with Crippen molar-refractivity contribution in [2.45, 2.75) is 26.9 Å². The number of rotatable bonds is 1. The lowest BCUT2D eigenvalue weighted by atomic mass is 10.1. The first-order chi connectivity index (χ1) is 10.0. The van der Waals surface area contributed by atoms with E-state index in [2.05, 4.69) is 60.7 Å². The number of para-hydroxylation sites is 1. The molecule has 0 saturated heterocycles. The number of hydrogen-bond donors (Lipinski definition) is 0. The molecular formula is C18H19N3. The van der Waals surface area contributed by atoms with Crippen LogP contribution in [-0.2, 0) is 0 Å². The minimum Gasteiger partial charge on any atom is -0.353 e. The molecule has 0 aliphatic carbocycles. The zero-order chi connectivity index (χ0) is 15.1. The van der Waals surface area contributed by atoms with Gasteiger partial charge in [0.1, 0.15) is 6.17 Å². The van der Waals surface area contributed by atoms with E-state index in [0.29, 0.717) is 5.69 Å². The molecule has 0 aromatic heterocycles. The van der Waals surface area contributed by atoms with Gasteiger partial charge >= 0.3 is 0 Å². The molecule has 0 N–H and O–H groups in total. The van der Waals surface area contributed by atoms with E-state index in [1.165, 1.54) is 22.5 Å². The largest absolute Gasteiger partial charge is 0.353 e. The second-order valence-corrected chi connectivity index (χ2v) is 5.64. The Morgan fingerprint density at radius 1 is 1.05 bits per heavy atom. The van der Waals surface area contributed by atoms with Gasteiger partial charge in [0.05, 0.1) is 17.9 Å². The predicted molar refractivity (Wildman–Crippen MR) is 88.6 cm³/mol. The second-order valence-electron chi connectivity index (χ2n) is 5.64. The first-order valence-electron chi connectivity index (χ1n) is 7.14. The Bertz CT molecular complexity index is 722. The van der Waals surface area contributed by atoms with Gasteiger partial charge in [0.2, 0.25) is 0 Å². The minimum absolute atomic E-state index is 0.237. The summed E-state index contributed by atoms with van der Waals surface area (Å²) in [6.45, 7) is 13.7. The van der Waals surface area contributed by atoms with E-state index in [1.54, 1.807) is 0 Å². The van der Waals surface area contributed by atoms with Crippen molar-refractivity contribution in [1.29, 1.82) is 0 Å². The molecule has 0 amide bonds. The molecule has 0 saturated carbocycles. The Morgan fingerprint density at radius 3 is 2.33 bits per heavy atom.